The molecule has 1 rings (SSSR count). The van der Waals surface area contributed by atoms with Crippen molar-refractivity contribution in [1.82, 2.24) is 10.2 Å². The molecule has 0 aromatic heterocycles. The lowest BCUT2D eigenvalue weighted by molar-refractivity contribution is 0.215. The molecule has 76 valence electrons. The lowest BCUT2D eigenvalue weighted by Gasteiger charge is -2.30. The van der Waals surface area contributed by atoms with Crippen molar-refractivity contribution in [2.24, 2.45) is 5.92 Å². The van der Waals surface area contributed by atoms with Crippen molar-refractivity contribution >= 4 is 0 Å². The molecule has 0 atom stereocenters. The summed E-state index contributed by atoms with van der Waals surface area (Å²) >= 11 is 0. The summed E-state index contributed by atoms with van der Waals surface area (Å²) in [7, 11) is 0. The van der Waals surface area contributed by atoms with Crippen molar-refractivity contribution in [3.63, 3.8) is 0 Å². The molecular formula is C11H22N2. The zero-order valence-corrected chi connectivity index (χ0v) is 9.52. The Kier molecular flexibility index (Phi) is 2.89. The van der Waals surface area contributed by atoms with E-state index in [4.69, 9.17) is 0 Å². The van der Waals surface area contributed by atoms with Crippen LogP contribution in [0.1, 0.15) is 41.0 Å². The first-order valence-corrected chi connectivity index (χ1v) is 5.11. The predicted octanol–water partition coefficient (Wildman–Crippen LogP) is 2.54. The van der Waals surface area contributed by atoms with Crippen LogP contribution in [0.5, 0.6) is 0 Å². The van der Waals surface area contributed by atoms with Crippen LogP contribution in [-0.4, -0.2) is 17.1 Å². The highest BCUT2D eigenvalue weighted by Crippen LogP contribution is 2.20. The normalized spacial score (nSPS) is 17.7. The van der Waals surface area contributed by atoms with Gasteiger partial charge in [-0.3, -0.25) is 0 Å². The van der Waals surface area contributed by atoms with Crippen molar-refractivity contribution in [2.75, 3.05) is 6.67 Å². The average Bonchev–Trinajstić information content (AvgIpc) is 2.32. The van der Waals surface area contributed by atoms with E-state index in [0.29, 0.717) is 0 Å². The van der Waals surface area contributed by atoms with Crippen molar-refractivity contribution in [3.8, 4) is 0 Å². The van der Waals surface area contributed by atoms with Gasteiger partial charge in [-0.1, -0.05) is 13.8 Å². The third-order valence-electron chi connectivity index (χ3n) is 2.28. The zero-order valence-electron chi connectivity index (χ0n) is 9.52. The van der Waals surface area contributed by atoms with Crippen molar-refractivity contribution in [1.29, 1.82) is 0 Å². The Morgan fingerprint density at radius 2 is 2.08 bits per heavy atom. The van der Waals surface area contributed by atoms with E-state index < -0.39 is 0 Å². The zero-order chi connectivity index (χ0) is 10.1. The largest absolute Gasteiger partial charge is 0.370 e. The van der Waals surface area contributed by atoms with Gasteiger partial charge in [0.25, 0.3) is 0 Å². The molecular weight excluding hydrogens is 160 g/mol. The van der Waals surface area contributed by atoms with Crippen LogP contribution in [0.4, 0.5) is 0 Å². The van der Waals surface area contributed by atoms with E-state index in [-0.39, 0.29) is 5.54 Å². The number of allylic oxidation sites excluding steroid dienone is 1. The molecule has 0 saturated carbocycles. The monoisotopic (exact) mass is 182 g/mol. The molecule has 0 spiro atoms. The van der Waals surface area contributed by atoms with Crippen LogP contribution in [0, 0.1) is 5.92 Å². The molecule has 0 saturated heterocycles. The maximum Gasteiger partial charge on any atom is 0.0874 e. The highest BCUT2D eigenvalue weighted by Gasteiger charge is 2.22. The van der Waals surface area contributed by atoms with Crippen LogP contribution in [0.3, 0.4) is 0 Å². The predicted molar refractivity (Wildman–Crippen MR) is 57.1 cm³/mol. The van der Waals surface area contributed by atoms with Crippen LogP contribution in [0.15, 0.2) is 11.9 Å². The standard InChI is InChI=1S/C11H22N2/c1-9(2)6-10-7-13(8-12-10)11(3,4)5/h7,9,12H,6,8H2,1-5H3. The fraction of sp³-hybridized carbons (Fsp3) is 0.818. The van der Waals surface area contributed by atoms with Gasteiger partial charge >= 0.3 is 0 Å². The molecule has 0 fully saturated rings. The van der Waals surface area contributed by atoms with Crippen LogP contribution >= 0.6 is 0 Å². The van der Waals surface area contributed by atoms with Gasteiger partial charge in [0.1, 0.15) is 0 Å². The molecule has 0 aromatic rings. The summed E-state index contributed by atoms with van der Waals surface area (Å²) in [6.45, 7) is 12.2. The summed E-state index contributed by atoms with van der Waals surface area (Å²) in [6.07, 6.45) is 3.42. The minimum atomic E-state index is 0.242. The molecule has 0 unspecified atom stereocenters. The van der Waals surface area contributed by atoms with E-state index in [2.05, 4.69) is 51.0 Å². The van der Waals surface area contributed by atoms with Gasteiger partial charge < -0.3 is 10.2 Å². The second-order valence-corrected chi connectivity index (χ2v) is 5.23. The molecule has 0 bridgehead atoms. The number of hydrogen-bond acceptors (Lipinski definition) is 2. The Balaban J connectivity index is 2.54. The van der Waals surface area contributed by atoms with Gasteiger partial charge in [0, 0.05) is 17.4 Å². The Morgan fingerprint density at radius 1 is 1.46 bits per heavy atom. The number of nitrogens with one attached hydrogen (secondary N) is 1. The van der Waals surface area contributed by atoms with E-state index >= 15 is 0 Å². The molecule has 1 heterocycles. The fourth-order valence-corrected chi connectivity index (χ4v) is 1.46. The van der Waals surface area contributed by atoms with Crippen molar-refractivity contribution in [3.05, 3.63) is 11.9 Å². The topological polar surface area (TPSA) is 15.3 Å². The summed E-state index contributed by atoms with van der Waals surface area (Å²) in [5.41, 5.74) is 1.62. The SMILES string of the molecule is CC(C)CC1=CN(C(C)(C)C)CN1. The second-order valence-electron chi connectivity index (χ2n) is 5.23. The molecule has 0 aliphatic carbocycles. The first-order valence-electron chi connectivity index (χ1n) is 5.11. The van der Waals surface area contributed by atoms with Gasteiger partial charge in [-0.15, -0.1) is 0 Å². The van der Waals surface area contributed by atoms with Crippen LogP contribution in [0.2, 0.25) is 0 Å². The molecule has 13 heavy (non-hydrogen) atoms. The third kappa shape index (κ3) is 2.94. The fourth-order valence-electron chi connectivity index (χ4n) is 1.46. The van der Waals surface area contributed by atoms with Crippen molar-refractivity contribution in [2.45, 2.75) is 46.6 Å². The maximum atomic E-state index is 3.43. The lowest BCUT2D eigenvalue weighted by Crippen LogP contribution is -2.38. The second kappa shape index (κ2) is 3.60. The minimum Gasteiger partial charge on any atom is -0.370 e. The average molecular weight is 182 g/mol. The van der Waals surface area contributed by atoms with Gasteiger partial charge in [0.05, 0.1) is 6.67 Å². The minimum absolute atomic E-state index is 0.242. The highest BCUT2D eigenvalue weighted by atomic mass is 15.3. The smallest absolute Gasteiger partial charge is 0.0874 e. The van der Waals surface area contributed by atoms with Gasteiger partial charge in [-0.05, 0) is 33.1 Å². The Bertz CT molecular complexity index is 199. The van der Waals surface area contributed by atoms with Gasteiger partial charge in [-0.25, -0.2) is 0 Å². The Hall–Kier alpha value is -0.660. The Labute approximate surface area is 82.0 Å². The van der Waals surface area contributed by atoms with Gasteiger partial charge in [0.2, 0.25) is 0 Å². The van der Waals surface area contributed by atoms with E-state index in [1.807, 2.05) is 0 Å². The maximum absolute atomic E-state index is 3.43. The van der Waals surface area contributed by atoms with Crippen LogP contribution in [-0.2, 0) is 0 Å². The molecule has 2 nitrogen and oxygen atoms in total. The first kappa shape index (κ1) is 10.4. The number of rotatable bonds is 2. The van der Waals surface area contributed by atoms with Crippen LogP contribution in [0.25, 0.3) is 0 Å². The lowest BCUT2D eigenvalue weighted by atomic mass is 10.1. The molecule has 1 N–H and O–H groups in total. The molecule has 0 amide bonds. The van der Waals surface area contributed by atoms with E-state index in [0.717, 1.165) is 19.0 Å². The van der Waals surface area contributed by atoms with Gasteiger partial charge in [-0.2, -0.15) is 0 Å². The molecule has 0 aromatic carbocycles. The van der Waals surface area contributed by atoms with E-state index in [1.54, 1.807) is 0 Å². The van der Waals surface area contributed by atoms with E-state index in [1.165, 1.54) is 5.70 Å². The van der Waals surface area contributed by atoms with Crippen LogP contribution < -0.4 is 5.32 Å². The number of nitrogens with zero attached hydrogens (tertiary/aromatic N) is 1. The highest BCUT2D eigenvalue weighted by molar-refractivity contribution is 5.07. The molecule has 0 radical (unpaired) electrons. The third-order valence-corrected chi connectivity index (χ3v) is 2.28. The van der Waals surface area contributed by atoms with Gasteiger partial charge in [0.15, 0.2) is 0 Å². The quantitative estimate of drug-likeness (QED) is 0.706. The molecule has 1 aliphatic rings. The summed E-state index contributed by atoms with van der Waals surface area (Å²) in [5.74, 6) is 0.735. The number of hydrogen-bond donors (Lipinski definition) is 1. The van der Waals surface area contributed by atoms with E-state index in [9.17, 15) is 0 Å². The molecule has 1 aliphatic heterocycles. The first-order chi connectivity index (χ1) is 5.89. The summed E-state index contributed by atoms with van der Waals surface area (Å²) in [5, 5.41) is 3.43. The summed E-state index contributed by atoms with van der Waals surface area (Å²) < 4.78 is 0. The Morgan fingerprint density at radius 3 is 2.46 bits per heavy atom. The summed E-state index contributed by atoms with van der Waals surface area (Å²) in [6, 6.07) is 0. The summed E-state index contributed by atoms with van der Waals surface area (Å²) in [4.78, 5) is 2.35. The molecule has 2 heteroatoms. The van der Waals surface area contributed by atoms with Crippen molar-refractivity contribution < 1.29 is 0 Å².